The van der Waals surface area contributed by atoms with Gasteiger partial charge in [0, 0.05) is 16.8 Å². The van der Waals surface area contributed by atoms with E-state index in [1.807, 2.05) is 55.5 Å². The number of benzene rings is 2. The second-order valence-electron chi connectivity index (χ2n) is 4.41. The molecule has 94 valence electrons. The van der Waals surface area contributed by atoms with Gasteiger partial charge >= 0.3 is 0 Å². The van der Waals surface area contributed by atoms with Crippen LogP contribution in [0.5, 0.6) is 0 Å². The van der Waals surface area contributed by atoms with Crippen LogP contribution in [0.4, 0.5) is 5.69 Å². The van der Waals surface area contributed by atoms with Crippen molar-refractivity contribution in [3.8, 4) is 22.9 Å². The van der Waals surface area contributed by atoms with Gasteiger partial charge in [-0.05, 0) is 42.8 Å². The lowest BCUT2D eigenvalue weighted by Gasteiger charge is -2.00. The molecule has 3 rings (SSSR count). The monoisotopic (exact) mass is 251 g/mol. The number of anilines is 1. The summed E-state index contributed by atoms with van der Waals surface area (Å²) in [6, 6.07) is 15.4. The van der Waals surface area contributed by atoms with Crippen LogP contribution >= 0.6 is 0 Å². The molecule has 3 aromatic rings. The van der Waals surface area contributed by atoms with Gasteiger partial charge in [-0.15, -0.1) is 10.2 Å². The molecule has 1 aromatic heterocycles. The van der Waals surface area contributed by atoms with Crippen LogP contribution in [0.15, 0.2) is 52.9 Å². The number of hydrogen-bond donors (Lipinski definition) is 1. The number of rotatable bonds is 2. The van der Waals surface area contributed by atoms with Crippen molar-refractivity contribution in [3.63, 3.8) is 0 Å². The average Bonchev–Trinajstić information content (AvgIpc) is 2.88. The summed E-state index contributed by atoms with van der Waals surface area (Å²) in [5.41, 5.74) is 9.32. The minimum atomic E-state index is 0.481. The lowest BCUT2D eigenvalue weighted by Crippen LogP contribution is -1.87. The zero-order valence-electron chi connectivity index (χ0n) is 10.5. The van der Waals surface area contributed by atoms with Crippen molar-refractivity contribution in [2.45, 2.75) is 6.92 Å². The van der Waals surface area contributed by atoms with Gasteiger partial charge in [0.05, 0.1) is 0 Å². The van der Waals surface area contributed by atoms with Crippen LogP contribution in [0.2, 0.25) is 0 Å². The van der Waals surface area contributed by atoms with E-state index in [4.69, 9.17) is 10.2 Å². The maximum Gasteiger partial charge on any atom is 0.248 e. The highest BCUT2D eigenvalue weighted by Crippen LogP contribution is 2.25. The summed E-state index contributed by atoms with van der Waals surface area (Å²) >= 11 is 0. The minimum Gasteiger partial charge on any atom is -0.416 e. The number of nitrogen functional groups attached to an aromatic ring is 1. The Morgan fingerprint density at radius 2 is 1.58 bits per heavy atom. The fraction of sp³-hybridized carbons (Fsp3) is 0.0667. The number of aromatic nitrogens is 2. The average molecular weight is 251 g/mol. The van der Waals surface area contributed by atoms with Crippen LogP contribution in [0.3, 0.4) is 0 Å². The molecule has 19 heavy (non-hydrogen) atoms. The maximum atomic E-state index is 5.82. The quantitative estimate of drug-likeness (QED) is 0.710. The molecule has 0 saturated heterocycles. The smallest absolute Gasteiger partial charge is 0.248 e. The van der Waals surface area contributed by atoms with E-state index in [1.165, 1.54) is 0 Å². The molecular weight excluding hydrogens is 238 g/mol. The van der Waals surface area contributed by atoms with Crippen LogP contribution in [0.1, 0.15) is 5.56 Å². The van der Waals surface area contributed by atoms with Gasteiger partial charge in [0.15, 0.2) is 0 Å². The van der Waals surface area contributed by atoms with Gasteiger partial charge in [-0.2, -0.15) is 0 Å². The summed E-state index contributed by atoms with van der Waals surface area (Å²) in [5.74, 6) is 0.991. The third-order valence-electron chi connectivity index (χ3n) is 2.79. The van der Waals surface area contributed by atoms with E-state index < -0.39 is 0 Å². The van der Waals surface area contributed by atoms with E-state index in [9.17, 15) is 0 Å². The summed E-state index contributed by atoms with van der Waals surface area (Å²) in [6.07, 6.45) is 0. The molecule has 0 bridgehead atoms. The number of nitrogens with two attached hydrogens (primary N) is 1. The zero-order valence-corrected chi connectivity index (χ0v) is 10.5. The van der Waals surface area contributed by atoms with E-state index >= 15 is 0 Å². The molecular formula is C15H13N3O. The Morgan fingerprint density at radius 3 is 2.26 bits per heavy atom. The summed E-state index contributed by atoms with van der Waals surface area (Å²) in [5, 5.41) is 8.14. The molecule has 0 spiro atoms. The van der Waals surface area contributed by atoms with E-state index in [-0.39, 0.29) is 0 Å². The molecule has 2 N–H and O–H groups in total. The van der Waals surface area contributed by atoms with Gasteiger partial charge in [-0.25, -0.2) is 0 Å². The lowest BCUT2D eigenvalue weighted by atomic mass is 10.1. The highest BCUT2D eigenvalue weighted by molar-refractivity contribution is 5.63. The summed E-state index contributed by atoms with van der Waals surface area (Å²) < 4.78 is 5.69. The predicted octanol–water partition coefficient (Wildman–Crippen LogP) is 3.29. The number of nitrogens with zero attached hydrogens (tertiary/aromatic N) is 2. The van der Waals surface area contributed by atoms with Crippen LogP contribution in [0.25, 0.3) is 22.9 Å². The van der Waals surface area contributed by atoms with Crippen molar-refractivity contribution in [2.75, 3.05) is 5.73 Å². The SMILES string of the molecule is Cc1cc(N)cc(-c2nnc(-c3ccccc3)o2)c1. The third-order valence-corrected chi connectivity index (χ3v) is 2.79. The summed E-state index contributed by atoms with van der Waals surface area (Å²) in [4.78, 5) is 0. The molecule has 0 aliphatic heterocycles. The molecule has 4 heteroatoms. The van der Waals surface area contributed by atoms with E-state index in [2.05, 4.69) is 10.2 Å². The minimum absolute atomic E-state index is 0.481. The van der Waals surface area contributed by atoms with Crippen molar-refractivity contribution in [1.82, 2.24) is 10.2 Å². The molecule has 0 amide bonds. The molecule has 2 aromatic carbocycles. The summed E-state index contributed by atoms with van der Waals surface area (Å²) in [7, 11) is 0. The third kappa shape index (κ3) is 2.33. The first-order chi connectivity index (χ1) is 9.22. The van der Waals surface area contributed by atoms with Crippen LogP contribution < -0.4 is 5.73 Å². The van der Waals surface area contributed by atoms with Crippen LogP contribution in [-0.2, 0) is 0 Å². The fourth-order valence-corrected chi connectivity index (χ4v) is 1.97. The normalized spacial score (nSPS) is 10.6. The van der Waals surface area contributed by atoms with Gasteiger partial charge in [0.2, 0.25) is 11.8 Å². The highest BCUT2D eigenvalue weighted by Gasteiger charge is 2.10. The number of aryl methyl sites for hydroxylation is 1. The lowest BCUT2D eigenvalue weighted by molar-refractivity contribution is 0.584. The van der Waals surface area contributed by atoms with Crippen molar-refractivity contribution in [1.29, 1.82) is 0 Å². The van der Waals surface area contributed by atoms with Crippen molar-refractivity contribution in [3.05, 3.63) is 54.1 Å². The molecule has 1 heterocycles. The highest BCUT2D eigenvalue weighted by atomic mass is 16.4. The van der Waals surface area contributed by atoms with Gasteiger partial charge in [-0.3, -0.25) is 0 Å². The molecule has 0 atom stereocenters. The predicted molar refractivity (Wildman–Crippen MR) is 74.3 cm³/mol. The van der Waals surface area contributed by atoms with Crippen LogP contribution in [0, 0.1) is 6.92 Å². The summed E-state index contributed by atoms with van der Waals surface area (Å²) in [6.45, 7) is 1.98. The fourth-order valence-electron chi connectivity index (χ4n) is 1.97. The second-order valence-corrected chi connectivity index (χ2v) is 4.41. The Kier molecular flexibility index (Phi) is 2.76. The van der Waals surface area contributed by atoms with E-state index in [1.54, 1.807) is 0 Å². The van der Waals surface area contributed by atoms with Gasteiger partial charge in [0.1, 0.15) is 0 Å². The Hall–Kier alpha value is -2.62. The first-order valence-electron chi connectivity index (χ1n) is 5.99. The molecule has 0 radical (unpaired) electrons. The van der Waals surface area contributed by atoms with E-state index in [0.717, 1.165) is 16.7 Å². The molecule has 0 fully saturated rings. The largest absolute Gasteiger partial charge is 0.416 e. The maximum absolute atomic E-state index is 5.82. The first kappa shape index (κ1) is 11.5. The van der Waals surface area contributed by atoms with Gasteiger partial charge < -0.3 is 10.2 Å². The first-order valence-corrected chi connectivity index (χ1v) is 5.99. The second kappa shape index (κ2) is 4.57. The molecule has 0 unspecified atom stereocenters. The molecule has 0 saturated carbocycles. The van der Waals surface area contributed by atoms with Crippen molar-refractivity contribution in [2.24, 2.45) is 0 Å². The van der Waals surface area contributed by atoms with Gasteiger partial charge in [-0.1, -0.05) is 18.2 Å². The van der Waals surface area contributed by atoms with Crippen LogP contribution in [-0.4, -0.2) is 10.2 Å². The Labute approximate surface area is 110 Å². The standard InChI is InChI=1S/C15H13N3O/c1-10-7-12(9-13(16)8-10)15-18-17-14(19-15)11-5-3-2-4-6-11/h2-9H,16H2,1H3. The molecule has 0 aliphatic carbocycles. The Balaban J connectivity index is 2.02. The van der Waals surface area contributed by atoms with Gasteiger partial charge in [0.25, 0.3) is 0 Å². The zero-order chi connectivity index (χ0) is 13.2. The molecule has 4 nitrogen and oxygen atoms in total. The Morgan fingerprint density at radius 1 is 0.895 bits per heavy atom. The van der Waals surface area contributed by atoms with Crippen molar-refractivity contribution < 1.29 is 4.42 Å². The van der Waals surface area contributed by atoms with E-state index in [0.29, 0.717) is 17.5 Å². The molecule has 0 aliphatic rings. The van der Waals surface area contributed by atoms with Crippen molar-refractivity contribution >= 4 is 5.69 Å². The topological polar surface area (TPSA) is 64.9 Å². The number of hydrogen-bond acceptors (Lipinski definition) is 4. The Bertz CT molecular complexity index is 684.